The second-order valence-corrected chi connectivity index (χ2v) is 12.9. The average molecular weight is 561 g/mol. The summed E-state index contributed by atoms with van der Waals surface area (Å²) in [6.07, 6.45) is 1.20. The molecule has 202 valence electrons. The highest BCUT2D eigenvalue weighted by Crippen LogP contribution is 2.44. The van der Waals surface area contributed by atoms with Gasteiger partial charge in [-0.15, -0.1) is 4.40 Å². The summed E-state index contributed by atoms with van der Waals surface area (Å²) in [5.74, 6) is -1.68. The zero-order valence-electron chi connectivity index (χ0n) is 21.2. The van der Waals surface area contributed by atoms with Gasteiger partial charge in [-0.25, -0.2) is 4.72 Å². The summed E-state index contributed by atoms with van der Waals surface area (Å²) in [7, 11) is -8.70. The van der Waals surface area contributed by atoms with Crippen molar-refractivity contribution in [1.82, 2.24) is 4.72 Å². The number of nitrogens with one attached hydrogen (secondary N) is 3. The zero-order chi connectivity index (χ0) is 28.0. The number of Topliss-reactive ketones (excluding diaryl/α,β-unsaturated/α-hetero) is 1. The molecule has 1 atom stereocenters. The first-order valence-electron chi connectivity index (χ1n) is 11.8. The van der Waals surface area contributed by atoms with Crippen LogP contribution in [0.15, 0.2) is 57.3 Å². The number of aliphatic hydroxyl groups is 1. The smallest absolute Gasteiger partial charge is 0.323 e. The summed E-state index contributed by atoms with van der Waals surface area (Å²) in [5.41, 5.74) is -0.283. The molecule has 0 spiro atoms. The number of aliphatic hydroxyl groups excluding tert-OH is 1. The van der Waals surface area contributed by atoms with E-state index in [1.165, 1.54) is 12.1 Å². The SMILES string of the molecule is CC(=O)NS(=O)(=O)Nc1ccc2c(c1)S(=O)(=O)N=C(C1=C(O)c3ccccc3C(C)(CCC(C)C)C1=O)N2. The second-order valence-electron chi connectivity index (χ2n) is 9.88. The van der Waals surface area contributed by atoms with Crippen LogP contribution in [0.3, 0.4) is 0 Å². The zero-order valence-corrected chi connectivity index (χ0v) is 22.8. The van der Waals surface area contributed by atoms with Crippen LogP contribution < -0.4 is 14.8 Å². The van der Waals surface area contributed by atoms with Crippen LogP contribution in [0.4, 0.5) is 11.4 Å². The maximum atomic E-state index is 13.9. The molecule has 1 unspecified atom stereocenters. The summed E-state index contributed by atoms with van der Waals surface area (Å²) in [5, 5.41) is 14.0. The fourth-order valence-corrected chi connectivity index (χ4v) is 6.57. The van der Waals surface area contributed by atoms with Crippen molar-refractivity contribution in [1.29, 1.82) is 0 Å². The third-order valence-electron chi connectivity index (χ3n) is 6.45. The second kappa shape index (κ2) is 9.55. The maximum Gasteiger partial charge on any atom is 0.323 e. The van der Waals surface area contributed by atoms with E-state index in [0.717, 1.165) is 19.4 Å². The fraction of sp³-hybridized carbons (Fsp3) is 0.320. The highest BCUT2D eigenvalue weighted by molar-refractivity contribution is 7.91. The molecule has 1 amide bonds. The third-order valence-corrected chi connectivity index (χ3v) is 8.83. The van der Waals surface area contributed by atoms with Crippen LogP contribution in [0.1, 0.15) is 51.7 Å². The van der Waals surface area contributed by atoms with E-state index in [2.05, 4.69) is 14.4 Å². The Morgan fingerprint density at radius 3 is 2.53 bits per heavy atom. The quantitative estimate of drug-likeness (QED) is 0.400. The molecule has 0 saturated heterocycles. The number of ketones is 1. The van der Waals surface area contributed by atoms with Crippen LogP contribution in [0.2, 0.25) is 0 Å². The van der Waals surface area contributed by atoms with Gasteiger partial charge in [-0.3, -0.25) is 14.3 Å². The van der Waals surface area contributed by atoms with Gasteiger partial charge in [0.15, 0.2) is 11.6 Å². The first kappa shape index (κ1) is 27.3. The van der Waals surface area contributed by atoms with Gasteiger partial charge in [0.05, 0.1) is 16.8 Å². The summed E-state index contributed by atoms with van der Waals surface area (Å²) in [6, 6.07) is 10.6. The van der Waals surface area contributed by atoms with Crippen molar-refractivity contribution < 1.29 is 31.5 Å². The molecule has 0 bridgehead atoms. The predicted molar refractivity (Wildman–Crippen MR) is 143 cm³/mol. The van der Waals surface area contributed by atoms with Gasteiger partial charge in [0, 0.05) is 12.5 Å². The van der Waals surface area contributed by atoms with Gasteiger partial charge in [-0.1, -0.05) is 38.1 Å². The minimum absolute atomic E-state index is 0.0355. The lowest BCUT2D eigenvalue weighted by molar-refractivity contribution is -0.120. The van der Waals surface area contributed by atoms with Gasteiger partial charge in [0.2, 0.25) is 5.91 Å². The Morgan fingerprint density at radius 1 is 1.18 bits per heavy atom. The molecule has 1 heterocycles. The van der Waals surface area contributed by atoms with Crippen LogP contribution in [-0.4, -0.2) is 39.5 Å². The van der Waals surface area contributed by atoms with Crippen molar-refractivity contribution in [2.75, 3.05) is 10.0 Å². The van der Waals surface area contributed by atoms with E-state index in [0.29, 0.717) is 23.5 Å². The number of amidine groups is 1. The number of anilines is 2. The molecule has 4 N–H and O–H groups in total. The van der Waals surface area contributed by atoms with Gasteiger partial charge in [0.1, 0.15) is 16.2 Å². The summed E-state index contributed by atoms with van der Waals surface area (Å²) in [4.78, 5) is 24.7. The van der Waals surface area contributed by atoms with Crippen molar-refractivity contribution in [3.8, 4) is 0 Å². The summed E-state index contributed by atoms with van der Waals surface area (Å²) in [6.45, 7) is 6.87. The largest absolute Gasteiger partial charge is 0.506 e. The molecule has 0 radical (unpaired) electrons. The van der Waals surface area contributed by atoms with E-state index in [9.17, 15) is 31.5 Å². The number of sulfonamides is 1. The van der Waals surface area contributed by atoms with Crippen LogP contribution >= 0.6 is 0 Å². The minimum atomic E-state index is -4.42. The lowest BCUT2D eigenvalue weighted by Gasteiger charge is -2.36. The Balaban J connectivity index is 1.78. The maximum absolute atomic E-state index is 13.9. The Hall–Kier alpha value is -3.71. The molecule has 2 aliphatic rings. The first-order valence-corrected chi connectivity index (χ1v) is 14.7. The molecule has 0 fully saturated rings. The van der Waals surface area contributed by atoms with E-state index in [1.54, 1.807) is 35.9 Å². The van der Waals surface area contributed by atoms with Crippen molar-refractivity contribution in [2.24, 2.45) is 10.3 Å². The van der Waals surface area contributed by atoms with E-state index in [4.69, 9.17) is 0 Å². The fourth-order valence-electron chi connectivity index (χ4n) is 4.56. The minimum Gasteiger partial charge on any atom is -0.506 e. The van der Waals surface area contributed by atoms with Crippen LogP contribution in [0, 0.1) is 5.92 Å². The van der Waals surface area contributed by atoms with E-state index in [1.807, 2.05) is 13.8 Å². The molecular weight excluding hydrogens is 532 g/mol. The number of hydrogen-bond donors (Lipinski definition) is 4. The predicted octanol–water partition coefficient (Wildman–Crippen LogP) is 3.24. The lowest BCUT2D eigenvalue weighted by atomic mass is 9.66. The Kier molecular flexibility index (Phi) is 6.87. The normalized spacial score (nSPS) is 20.2. The monoisotopic (exact) mass is 560 g/mol. The molecule has 1 aliphatic heterocycles. The van der Waals surface area contributed by atoms with Crippen molar-refractivity contribution >= 4 is 54.9 Å². The molecule has 2 aromatic rings. The average Bonchev–Trinajstić information content (AvgIpc) is 2.81. The first-order chi connectivity index (χ1) is 17.6. The summed E-state index contributed by atoms with van der Waals surface area (Å²) < 4.78 is 58.0. The Labute approximate surface area is 221 Å². The third kappa shape index (κ3) is 5.03. The molecule has 11 nitrogen and oxygen atoms in total. The lowest BCUT2D eigenvalue weighted by Crippen LogP contribution is -2.42. The van der Waals surface area contributed by atoms with Crippen LogP contribution in [0.25, 0.3) is 5.76 Å². The van der Waals surface area contributed by atoms with Crippen LogP contribution in [0.5, 0.6) is 0 Å². The number of benzene rings is 2. The van der Waals surface area contributed by atoms with E-state index >= 15 is 0 Å². The van der Waals surface area contributed by atoms with Crippen molar-refractivity contribution in [3.63, 3.8) is 0 Å². The molecule has 4 rings (SSSR count). The number of amides is 1. The van der Waals surface area contributed by atoms with E-state index < -0.39 is 37.3 Å². The standard InChI is InChI=1S/C25H28N4O7S2/c1-14(2)11-12-25(4)18-8-6-5-7-17(18)22(31)21(23(25)32)24-26-19-10-9-16(13-20(19)37(33,34)29-24)28-38(35,36)27-15(3)30/h5-10,13-14,28,31H,11-12H2,1-4H3,(H,26,29)(H,27,30). The van der Waals surface area contributed by atoms with Gasteiger partial charge in [-0.2, -0.15) is 16.8 Å². The number of rotatable bonds is 7. The number of fused-ring (bicyclic) bond motifs is 2. The number of nitrogens with zero attached hydrogens (tertiary/aromatic N) is 1. The number of hydrogen-bond acceptors (Lipinski definition) is 8. The summed E-state index contributed by atoms with van der Waals surface area (Å²) >= 11 is 0. The highest BCUT2D eigenvalue weighted by Gasteiger charge is 2.46. The molecular formula is C25H28N4O7S2. The van der Waals surface area contributed by atoms with Gasteiger partial charge < -0.3 is 10.4 Å². The Bertz CT molecular complexity index is 1630. The van der Waals surface area contributed by atoms with Gasteiger partial charge >= 0.3 is 10.2 Å². The molecule has 0 aromatic heterocycles. The number of carbonyl (C=O) groups is 2. The molecule has 13 heteroatoms. The molecule has 1 aliphatic carbocycles. The topological polar surface area (TPSA) is 171 Å². The molecule has 38 heavy (non-hydrogen) atoms. The van der Waals surface area contributed by atoms with E-state index in [-0.39, 0.29) is 33.4 Å². The van der Waals surface area contributed by atoms with Gasteiger partial charge in [0.25, 0.3) is 10.0 Å². The highest BCUT2D eigenvalue weighted by atomic mass is 32.2. The Morgan fingerprint density at radius 2 is 1.87 bits per heavy atom. The molecule has 0 saturated carbocycles. The van der Waals surface area contributed by atoms with Crippen molar-refractivity contribution in [2.45, 2.75) is 50.8 Å². The van der Waals surface area contributed by atoms with Crippen LogP contribution in [-0.2, 0) is 35.2 Å². The number of carbonyl (C=O) groups excluding carboxylic acids is 2. The molecule has 2 aromatic carbocycles. The van der Waals surface area contributed by atoms with Gasteiger partial charge in [-0.05, 0) is 49.4 Å². The van der Waals surface area contributed by atoms with Crippen molar-refractivity contribution in [3.05, 3.63) is 59.2 Å².